The number of methoxy groups -OCH3 is 1. The van der Waals surface area contributed by atoms with Gasteiger partial charge in [-0.3, -0.25) is 0 Å². The maximum absolute atomic E-state index is 5.76. The van der Waals surface area contributed by atoms with E-state index < -0.39 is 0 Å². The Morgan fingerprint density at radius 2 is 1.79 bits per heavy atom. The van der Waals surface area contributed by atoms with Gasteiger partial charge in [0.1, 0.15) is 5.75 Å². The van der Waals surface area contributed by atoms with Gasteiger partial charge in [0.05, 0.1) is 7.11 Å². The van der Waals surface area contributed by atoms with Crippen molar-refractivity contribution in [1.82, 2.24) is 0 Å². The summed E-state index contributed by atoms with van der Waals surface area (Å²) in [5.41, 5.74) is 9.42. The summed E-state index contributed by atoms with van der Waals surface area (Å²) >= 11 is 0. The van der Waals surface area contributed by atoms with Crippen molar-refractivity contribution in [3.63, 3.8) is 0 Å². The number of ether oxygens (including phenoxy) is 1. The van der Waals surface area contributed by atoms with Crippen LogP contribution < -0.4 is 10.5 Å². The molecule has 0 spiro atoms. The lowest BCUT2D eigenvalue weighted by atomic mass is 10.0. The Hall–Kier alpha value is -1.02. The molecule has 0 heterocycles. The van der Waals surface area contributed by atoms with Crippen LogP contribution in [0.15, 0.2) is 12.1 Å². The first-order valence-electron chi connectivity index (χ1n) is 4.94. The van der Waals surface area contributed by atoms with Crippen LogP contribution in [0.4, 0.5) is 0 Å². The van der Waals surface area contributed by atoms with Crippen LogP contribution in [0, 0.1) is 13.8 Å². The predicted molar refractivity (Wildman–Crippen MR) is 59.8 cm³/mol. The molecule has 2 N–H and O–H groups in total. The van der Waals surface area contributed by atoms with Crippen LogP contribution in [-0.2, 0) is 6.42 Å². The van der Waals surface area contributed by atoms with Crippen LogP contribution in [0.1, 0.15) is 23.6 Å². The van der Waals surface area contributed by atoms with Gasteiger partial charge in [-0.15, -0.1) is 0 Å². The van der Waals surface area contributed by atoms with E-state index in [-0.39, 0.29) is 6.04 Å². The molecule has 1 rings (SSSR count). The average molecular weight is 193 g/mol. The summed E-state index contributed by atoms with van der Waals surface area (Å²) in [6.45, 7) is 6.15. The smallest absolute Gasteiger partial charge is 0.124 e. The Bertz CT molecular complexity index is 295. The van der Waals surface area contributed by atoms with Crippen molar-refractivity contribution in [3.05, 3.63) is 28.8 Å². The molecule has 2 nitrogen and oxygen atoms in total. The molecule has 0 aromatic heterocycles. The molecule has 1 atom stereocenters. The first-order valence-corrected chi connectivity index (χ1v) is 4.94. The van der Waals surface area contributed by atoms with Gasteiger partial charge < -0.3 is 10.5 Å². The van der Waals surface area contributed by atoms with E-state index in [1.165, 1.54) is 16.7 Å². The van der Waals surface area contributed by atoms with Crippen LogP contribution in [-0.4, -0.2) is 13.2 Å². The fourth-order valence-electron chi connectivity index (χ4n) is 1.85. The highest BCUT2D eigenvalue weighted by molar-refractivity contribution is 5.43. The molecule has 0 saturated heterocycles. The lowest BCUT2D eigenvalue weighted by Gasteiger charge is -2.12. The minimum absolute atomic E-state index is 0.210. The molecule has 1 aromatic rings. The highest BCUT2D eigenvalue weighted by atomic mass is 16.5. The molecule has 0 aliphatic rings. The van der Waals surface area contributed by atoms with E-state index in [1.807, 2.05) is 6.92 Å². The van der Waals surface area contributed by atoms with Crippen LogP contribution in [0.2, 0.25) is 0 Å². The summed E-state index contributed by atoms with van der Waals surface area (Å²) in [5.74, 6) is 0.985. The molecule has 0 amide bonds. The number of benzene rings is 1. The maximum Gasteiger partial charge on any atom is 0.124 e. The Morgan fingerprint density at radius 1 is 1.29 bits per heavy atom. The molecule has 0 radical (unpaired) electrons. The van der Waals surface area contributed by atoms with Crippen molar-refractivity contribution in [2.75, 3.05) is 7.11 Å². The summed E-state index contributed by atoms with van der Waals surface area (Å²) < 4.78 is 5.30. The molecule has 14 heavy (non-hydrogen) atoms. The summed E-state index contributed by atoms with van der Waals surface area (Å²) in [6.07, 6.45) is 0.922. The lowest BCUT2D eigenvalue weighted by Crippen LogP contribution is -2.17. The minimum atomic E-state index is 0.210. The van der Waals surface area contributed by atoms with Crippen molar-refractivity contribution in [1.29, 1.82) is 0 Å². The Kier molecular flexibility index (Phi) is 3.53. The Morgan fingerprint density at radius 3 is 2.14 bits per heavy atom. The maximum atomic E-state index is 5.76. The lowest BCUT2D eigenvalue weighted by molar-refractivity contribution is 0.408. The van der Waals surface area contributed by atoms with Gasteiger partial charge in [-0.25, -0.2) is 0 Å². The van der Waals surface area contributed by atoms with Gasteiger partial charge in [0.25, 0.3) is 0 Å². The van der Waals surface area contributed by atoms with Gasteiger partial charge in [-0.05, 0) is 43.9 Å². The second kappa shape index (κ2) is 4.47. The zero-order valence-electron chi connectivity index (χ0n) is 9.42. The number of rotatable bonds is 3. The van der Waals surface area contributed by atoms with Gasteiger partial charge >= 0.3 is 0 Å². The Labute approximate surface area is 86.1 Å². The second-order valence-electron chi connectivity index (χ2n) is 3.94. The SMILES string of the molecule is COc1c(C)cc(C[C@H](C)N)cc1C. The summed E-state index contributed by atoms with van der Waals surface area (Å²) in [5, 5.41) is 0. The third-order valence-corrected chi connectivity index (χ3v) is 2.28. The number of hydrogen-bond acceptors (Lipinski definition) is 2. The van der Waals surface area contributed by atoms with Crippen molar-refractivity contribution >= 4 is 0 Å². The first-order chi connectivity index (χ1) is 6.54. The number of nitrogens with two attached hydrogens (primary N) is 1. The fourth-order valence-corrected chi connectivity index (χ4v) is 1.85. The van der Waals surface area contributed by atoms with Crippen LogP contribution in [0.25, 0.3) is 0 Å². The molecule has 1 aromatic carbocycles. The summed E-state index contributed by atoms with van der Waals surface area (Å²) in [6, 6.07) is 4.51. The van der Waals surface area contributed by atoms with Gasteiger partial charge in [-0.1, -0.05) is 12.1 Å². The molecule has 0 saturated carbocycles. The largest absolute Gasteiger partial charge is 0.496 e. The van der Waals surface area contributed by atoms with Gasteiger partial charge in [0.15, 0.2) is 0 Å². The highest BCUT2D eigenvalue weighted by Gasteiger charge is 2.06. The van der Waals surface area contributed by atoms with E-state index in [4.69, 9.17) is 10.5 Å². The van der Waals surface area contributed by atoms with Crippen molar-refractivity contribution in [3.8, 4) is 5.75 Å². The van der Waals surface area contributed by atoms with Gasteiger partial charge in [0.2, 0.25) is 0 Å². The molecule has 0 unspecified atom stereocenters. The highest BCUT2D eigenvalue weighted by Crippen LogP contribution is 2.24. The topological polar surface area (TPSA) is 35.2 Å². The molecule has 0 bridgehead atoms. The Balaban J connectivity index is 3.01. The van der Waals surface area contributed by atoms with E-state index in [0.717, 1.165) is 12.2 Å². The van der Waals surface area contributed by atoms with E-state index >= 15 is 0 Å². The van der Waals surface area contributed by atoms with E-state index in [9.17, 15) is 0 Å². The molecular weight excluding hydrogens is 174 g/mol. The molecule has 78 valence electrons. The number of hydrogen-bond donors (Lipinski definition) is 1. The molecular formula is C12H19NO. The molecule has 0 fully saturated rings. The van der Waals surface area contributed by atoms with Crippen LogP contribution in [0.5, 0.6) is 5.75 Å². The molecule has 0 aliphatic carbocycles. The van der Waals surface area contributed by atoms with Crippen LogP contribution in [0.3, 0.4) is 0 Å². The van der Waals surface area contributed by atoms with E-state index in [0.29, 0.717) is 0 Å². The van der Waals surface area contributed by atoms with Crippen molar-refractivity contribution in [2.24, 2.45) is 5.73 Å². The zero-order valence-corrected chi connectivity index (χ0v) is 9.42. The third-order valence-electron chi connectivity index (χ3n) is 2.28. The zero-order chi connectivity index (χ0) is 10.7. The third kappa shape index (κ3) is 2.48. The predicted octanol–water partition coefficient (Wildman–Crippen LogP) is 2.20. The van der Waals surface area contributed by atoms with E-state index in [2.05, 4.69) is 26.0 Å². The van der Waals surface area contributed by atoms with Gasteiger partial charge in [-0.2, -0.15) is 0 Å². The normalized spacial score (nSPS) is 12.6. The monoisotopic (exact) mass is 193 g/mol. The quantitative estimate of drug-likeness (QED) is 0.798. The molecule has 0 aliphatic heterocycles. The number of aryl methyl sites for hydroxylation is 2. The van der Waals surface area contributed by atoms with E-state index in [1.54, 1.807) is 7.11 Å². The molecule has 2 heteroatoms. The fraction of sp³-hybridized carbons (Fsp3) is 0.500. The average Bonchev–Trinajstić information content (AvgIpc) is 2.01. The van der Waals surface area contributed by atoms with Crippen molar-refractivity contribution in [2.45, 2.75) is 33.2 Å². The van der Waals surface area contributed by atoms with Crippen molar-refractivity contribution < 1.29 is 4.74 Å². The van der Waals surface area contributed by atoms with Gasteiger partial charge in [0, 0.05) is 6.04 Å². The standard InChI is InChI=1S/C12H19NO/c1-8-5-11(7-10(3)13)6-9(2)12(8)14-4/h5-6,10H,7,13H2,1-4H3/t10-/m0/s1. The van der Waals surface area contributed by atoms with Crippen LogP contribution >= 0.6 is 0 Å². The minimum Gasteiger partial charge on any atom is -0.496 e. The second-order valence-corrected chi connectivity index (χ2v) is 3.94. The first kappa shape index (κ1) is 11.1. The summed E-state index contributed by atoms with van der Waals surface area (Å²) in [4.78, 5) is 0. The summed E-state index contributed by atoms with van der Waals surface area (Å²) in [7, 11) is 1.71.